The van der Waals surface area contributed by atoms with Crippen LogP contribution in [0.15, 0.2) is 0 Å². The van der Waals surface area contributed by atoms with Crippen LogP contribution in [0.25, 0.3) is 0 Å². The fraction of sp³-hybridized carbons (Fsp3) is 1.00. The first-order valence-corrected chi connectivity index (χ1v) is 5.23. The van der Waals surface area contributed by atoms with Gasteiger partial charge in [0.2, 0.25) is 0 Å². The maximum absolute atomic E-state index is 5.71. The lowest BCUT2D eigenvalue weighted by molar-refractivity contribution is 0.0432. The van der Waals surface area contributed by atoms with Crippen LogP contribution in [0.4, 0.5) is 0 Å². The Hall–Kier alpha value is -0.160. The van der Waals surface area contributed by atoms with Gasteiger partial charge < -0.3 is 15.2 Å². The Balaban J connectivity index is 2.48. The van der Waals surface area contributed by atoms with Crippen molar-refractivity contribution in [3.8, 4) is 0 Å². The number of ether oxygens (including phenoxy) is 2. The van der Waals surface area contributed by atoms with E-state index in [0.717, 1.165) is 13.0 Å². The molecule has 14 heavy (non-hydrogen) atoms. The number of rotatable bonds is 5. The smallest absolute Gasteiger partial charge is 0.0703 e. The van der Waals surface area contributed by atoms with Crippen molar-refractivity contribution in [3.05, 3.63) is 0 Å². The highest BCUT2D eigenvalue weighted by Crippen LogP contribution is 2.19. The van der Waals surface area contributed by atoms with Gasteiger partial charge >= 0.3 is 0 Å². The summed E-state index contributed by atoms with van der Waals surface area (Å²) >= 11 is 0. The van der Waals surface area contributed by atoms with Gasteiger partial charge in [-0.1, -0.05) is 0 Å². The maximum Gasteiger partial charge on any atom is 0.0703 e. The van der Waals surface area contributed by atoms with E-state index in [4.69, 9.17) is 15.2 Å². The quantitative estimate of drug-likeness (QED) is 0.685. The van der Waals surface area contributed by atoms with Crippen LogP contribution in [0.5, 0.6) is 0 Å². The molecule has 84 valence electrons. The minimum absolute atomic E-state index is 0.300. The third kappa shape index (κ3) is 2.67. The van der Waals surface area contributed by atoms with Crippen molar-refractivity contribution in [2.45, 2.75) is 31.5 Å². The molecule has 2 N–H and O–H groups in total. The number of hydrogen-bond acceptors (Lipinski definition) is 4. The van der Waals surface area contributed by atoms with Crippen molar-refractivity contribution in [1.82, 2.24) is 4.90 Å². The van der Waals surface area contributed by atoms with Crippen LogP contribution in [0, 0.1) is 0 Å². The van der Waals surface area contributed by atoms with Crippen LogP contribution in [0.3, 0.4) is 0 Å². The summed E-state index contributed by atoms with van der Waals surface area (Å²) < 4.78 is 10.7. The first-order chi connectivity index (χ1) is 6.70. The summed E-state index contributed by atoms with van der Waals surface area (Å²) in [4.78, 5) is 2.29. The Bertz CT molecular complexity index is 166. The van der Waals surface area contributed by atoms with Gasteiger partial charge in [0.15, 0.2) is 0 Å². The van der Waals surface area contributed by atoms with Crippen LogP contribution >= 0.6 is 0 Å². The average molecular weight is 202 g/mol. The van der Waals surface area contributed by atoms with E-state index in [-0.39, 0.29) is 0 Å². The Morgan fingerprint density at radius 2 is 2.36 bits per heavy atom. The van der Waals surface area contributed by atoms with Crippen LogP contribution in [-0.4, -0.2) is 57.0 Å². The summed E-state index contributed by atoms with van der Waals surface area (Å²) in [6.45, 7) is 4.30. The van der Waals surface area contributed by atoms with E-state index in [0.29, 0.717) is 31.3 Å². The van der Waals surface area contributed by atoms with Crippen molar-refractivity contribution in [1.29, 1.82) is 0 Å². The van der Waals surface area contributed by atoms with Crippen LogP contribution in [-0.2, 0) is 9.47 Å². The van der Waals surface area contributed by atoms with E-state index < -0.39 is 0 Å². The number of hydrogen-bond donors (Lipinski definition) is 1. The molecule has 1 rings (SSSR count). The van der Waals surface area contributed by atoms with E-state index in [2.05, 4.69) is 18.9 Å². The number of methoxy groups -OCH3 is 1. The maximum atomic E-state index is 5.71. The van der Waals surface area contributed by atoms with E-state index in [1.807, 2.05) is 0 Å². The molecule has 0 bridgehead atoms. The predicted molar refractivity (Wildman–Crippen MR) is 56.3 cm³/mol. The van der Waals surface area contributed by atoms with Crippen molar-refractivity contribution in [2.24, 2.45) is 5.73 Å². The molecule has 0 saturated carbocycles. The SMILES string of the molecule is COCC(CN)N(C)C1CCOC1C. The van der Waals surface area contributed by atoms with Crippen molar-refractivity contribution < 1.29 is 9.47 Å². The lowest BCUT2D eigenvalue weighted by atomic mass is 10.1. The highest BCUT2D eigenvalue weighted by Gasteiger charge is 2.31. The van der Waals surface area contributed by atoms with Gasteiger partial charge in [-0.25, -0.2) is 0 Å². The predicted octanol–water partition coefficient (Wildman–Crippen LogP) is 0.0693. The number of nitrogens with zero attached hydrogens (tertiary/aromatic N) is 1. The van der Waals surface area contributed by atoms with Gasteiger partial charge in [0.05, 0.1) is 12.7 Å². The number of nitrogens with two attached hydrogens (primary N) is 1. The molecule has 4 nitrogen and oxygen atoms in total. The van der Waals surface area contributed by atoms with E-state index in [1.165, 1.54) is 0 Å². The molecule has 0 aromatic carbocycles. The minimum Gasteiger partial charge on any atom is -0.383 e. The largest absolute Gasteiger partial charge is 0.383 e. The molecule has 0 aromatic rings. The van der Waals surface area contributed by atoms with Gasteiger partial charge in [-0.2, -0.15) is 0 Å². The van der Waals surface area contributed by atoms with Gasteiger partial charge in [0.1, 0.15) is 0 Å². The second-order valence-electron chi connectivity index (χ2n) is 3.94. The molecule has 1 heterocycles. The fourth-order valence-corrected chi connectivity index (χ4v) is 2.07. The summed E-state index contributed by atoms with van der Waals surface area (Å²) in [6.07, 6.45) is 1.41. The average Bonchev–Trinajstić information content (AvgIpc) is 2.59. The highest BCUT2D eigenvalue weighted by molar-refractivity contribution is 4.84. The zero-order chi connectivity index (χ0) is 10.6. The van der Waals surface area contributed by atoms with E-state index >= 15 is 0 Å². The summed E-state index contributed by atoms with van der Waals surface area (Å²) in [5.74, 6) is 0. The molecule has 3 unspecified atom stereocenters. The normalized spacial score (nSPS) is 29.8. The monoisotopic (exact) mass is 202 g/mol. The lowest BCUT2D eigenvalue weighted by Crippen LogP contribution is -2.49. The molecule has 4 heteroatoms. The molecule has 1 fully saturated rings. The second-order valence-corrected chi connectivity index (χ2v) is 3.94. The van der Waals surface area contributed by atoms with Gasteiger partial charge in [-0.05, 0) is 20.4 Å². The second kappa shape index (κ2) is 5.66. The van der Waals surface area contributed by atoms with Crippen LogP contribution < -0.4 is 5.73 Å². The molecule has 0 spiro atoms. The summed E-state index contributed by atoms with van der Waals surface area (Å²) in [5.41, 5.74) is 5.71. The molecule has 3 atom stereocenters. The molecule has 0 aromatic heterocycles. The topological polar surface area (TPSA) is 47.7 Å². The third-order valence-corrected chi connectivity index (χ3v) is 3.07. The molecular weight excluding hydrogens is 180 g/mol. The van der Waals surface area contributed by atoms with Crippen molar-refractivity contribution >= 4 is 0 Å². The molecule has 1 saturated heterocycles. The zero-order valence-corrected chi connectivity index (χ0v) is 9.40. The lowest BCUT2D eigenvalue weighted by Gasteiger charge is -2.33. The van der Waals surface area contributed by atoms with Crippen molar-refractivity contribution in [3.63, 3.8) is 0 Å². The first-order valence-electron chi connectivity index (χ1n) is 5.23. The van der Waals surface area contributed by atoms with E-state index in [9.17, 15) is 0 Å². The van der Waals surface area contributed by atoms with Gasteiger partial charge in [-0.15, -0.1) is 0 Å². The van der Waals surface area contributed by atoms with Crippen molar-refractivity contribution in [2.75, 3.05) is 33.9 Å². The first kappa shape index (κ1) is 11.9. The number of likely N-dealkylation sites (N-methyl/N-ethyl adjacent to an activating group) is 1. The van der Waals surface area contributed by atoms with Gasteiger partial charge in [-0.3, -0.25) is 4.90 Å². The van der Waals surface area contributed by atoms with Crippen LogP contribution in [0.2, 0.25) is 0 Å². The molecule has 0 radical (unpaired) electrons. The van der Waals surface area contributed by atoms with Gasteiger partial charge in [0.25, 0.3) is 0 Å². The Kier molecular flexibility index (Phi) is 4.81. The molecule has 1 aliphatic rings. The van der Waals surface area contributed by atoms with E-state index in [1.54, 1.807) is 7.11 Å². The summed E-state index contributed by atoms with van der Waals surface area (Å²) in [6, 6.07) is 0.785. The Morgan fingerprint density at radius 3 is 2.79 bits per heavy atom. The summed E-state index contributed by atoms with van der Waals surface area (Å²) in [7, 11) is 3.82. The molecule has 0 aliphatic carbocycles. The third-order valence-electron chi connectivity index (χ3n) is 3.07. The summed E-state index contributed by atoms with van der Waals surface area (Å²) in [5, 5.41) is 0. The molecular formula is C10H22N2O2. The fourth-order valence-electron chi connectivity index (χ4n) is 2.07. The zero-order valence-electron chi connectivity index (χ0n) is 9.40. The minimum atomic E-state index is 0.300. The Morgan fingerprint density at radius 1 is 1.64 bits per heavy atom. The highest BCUT2D eigenvalue weighted by atomic mass is 16.5. The van der Waals surface area contributed by atoms with Gasteiger partial charge in [0, 0.05) is 32.3 Å². The molecule has 0 amide bonds. The van der Waals surface area contributed by atoms with Crippen LogP contribution in [0.1, 0.15) is 13.3 Å². The molecule has 1 aliphatic heterocycles. The standard InChI is InChI=1S/C10H22N2O2/c1-8-10(4-5-14-8)12(2)9(6-11)7-13-3/h8-10H,4-7,11H2,1-3H3. The Labute approximate surface area is 86.3 Å².